The molecule has 142 valence electrons. The summed E-state index contributed by atoms with van der Waals surface area (Å²) in [7, 11) is 0. The molecule has 0 aliphatic carbocycles. The molecule has 8 heteroatoms. The third-order valence-electron chi connectivity index (χ3n) is 4.95. The van der Waals surface area contributed by atoms with Gasteiger partial charge in [-0.15, -0.1) is 0 Å². The Hall–Kier alpha value is -2.19. The molecule has 27 heavy (non-hydrogen) atoms. The van der Waals surface area contributed by atoms with Crippen molar-refractivity contribution in [2.24, 2.45) is 5.92 Å². The first kappa shape index (κ1) is 18.2. The predicted molar refractivity (Wildman–Crippen MR) is 104 cm³/mol. The third kappa shape index (κ3) is 3.64. The number of fused-ring (bicyclic) bond motifs is 1. The lowest BCUT2D eigenvalue weighted by atomic mass is 10.0. The van der Waals surface area contributed by atoms with Gasteiger partial charge in [0.1, 0.15) is 0 Å². The Bertz CT molecular complexity index is 959. The summed E-state index contributed by atoms with van der Waals surface area (Å²) < 4.78 is 13.7. The van der Waals surface area contributed by atoms with E-state index >= 15 is 0 Å². The first-order valence-corrected chi connectivity index (χ1v) is 9.94. The van der Waals surface area contributed by atoms with Crippen LogP contribution in [-0.4, -0.2) is 40.4 Å². The van der Waals surface area contributed by atoms with Crippen molar-refractivity contribution in [2.45, 2.75) is 26.3 Å². The van der Waals surface area contributed by atoms with Crippen molar-refractivity contribution in [1.82, 2.24) is 20.0 Å². The van der Waals surface area contributed by atoms with E-state index < -0.39 is 0 Å². The topological polar surface area (TPSA) is 82.2 Å². The number of nitrogens with one attached hydrogen (secondary N) is 1. The van der Waals surface area contributed by atoms with E-state index in [0.29, 0.717) is 18.3 Å². The average Bonchev–Trinajstić information content (AvgIpc) is 3.32. The zero-order valence-electron chi connectivity index (χ0n) is 15.1. The fraction of sp³-hybridized carbons (Fsp3) is 0.421. The molecule has 0 radical (unpaired) electrons. The number of aryl methyl sites for hydroxylation is 1. The van der Waals surface area contributed by atoms with E-state index in [0.717, 1.165) is 53.7 Å². The number of amides is 1. The van der Waals surface area contributed by atoms with Gasteiger partial charge in [0, 0.05) is 41.7 Å². The van der Waals surface area contributed by atoms with Crippen molar-refractivity contribution >= 4 is 32.7 Å². The van der Waals surface area contributed by atoms with Crippen molar-refractivity contribution in [3.05, 3.63) is 34.6 Å². The molecule has 3 heterocycles. The number of rotatable bonds is 5. The summed E-state index contributed by atoms with van der Waals surface area (Å²) in [5.41, 5.74) is 1.91. The number of halogens is 1. The molecule has 1 aliphatic heterocycles. The van der Waals surface area contributed by atoms with E-state index in [-0.39, 0.29) is 11.8 Å². The van der Waals surface area contributed by atoms with Gasteiger partial charge >= 0.3 is 11.8 Å². The molecular formula is C19H21BrN4O3. The van der Waals surface area contributed by atoms with Crippen molar-refractivity contribution in [3.8, 4) is 11.5 Å². The van der Waals surface area contributed by atoms with Crippen LogP contribution in [0, 0.1) is 5.92 Å². The highest BCUT2D eigenvalue weighted by atomic mass is 79.9. The second kappa shape index (κ2) is 7.82. The molecule has 0 unspecified atom stereocenters. The van der Waals surface area contributed by atoms with Crippen LogP contribution in [0.25, 0.3) is 22.4 Å². The zero-order chi connectivity index (χ0) is 18.8. The van der Waals surface area contributed by atoms with Gasteiger partial charge in [-0.25, -0.2) is 0 Å². The van der Waals surface area contributed by atoms with Crippen LogP contribution in [0.4, 0.5) is 0 Å². The van der Waals surface area contributed by atoms with Gasteiger partial charge in [0.15, 0.2) is 0 Å². The van der Waals surface area contributed by atoms with E-state index in [1.165, 1.54) is 0 Å². The zero-order valence-corrected chi connectivity index (χ0v) is 16.7. The molecule has 1 aromatic carbocycles. The second-order valence-corrected chi connectivity index (χ2v) is 7.49. The Kier molecular flexibility index (Phi) is 5.27. The van der Waals surface area contributed by atoms with Crippen LogP contribution in [0.3, 0.4) is 0 Å². The molecule has 1 amide bonds. The van der Waals surface area contributed by atoms with Gasteiger partial charge < -0.3 is 19.1 Å². The van der Waals surface area contributed by atoms with Crippen LogP contribution < -0.4 is 5.32 Å². The number of hydrogen-bond donors (Lipinski definition) is 1. The predicted octanol–water partition coefficient (Wildman–Crippen LogP) is 3.63. The molecule has 3 aromatic rings. The number of carbonyl (C=O) groups excluding carboxylic acids is 1. The first-order valence-electron chi connectivity index (χ1n) is 9.15. The largest absolute Gasteiger partial charge is 0.381 e. The highest BCUT2D eigenvalue weighted by Crippen LogP contribution is 2.31. The summed E-state index contributed by atoms with van der Waals surface area (Å²) >= 11 is 3.58. The van der Waals surface area contributed by atoms with E-state index in [1.807, 2.05) is 18.2 Å². The molecule has 7 nitrogen and oxygen atoms in total. The maximum absolute atomic E-state index is 12.4. The minimum absolute atomic E-state index is 0.0102. The SMILES string of the molecule is CCn1c(-c2noc(C(=O)NCC3CCOCC3)n2)cc2c(Br)cccc21. The fourth-order valence-corrected chi connectivity index (χ4v) is 3.93. The van der Waals surface area contributed by atoms with Gasteiger partial charge in [0.2, 0.25) is 5.82 Å². The van der Waals surface area contributed by atoms with Crippen LogP contribution in [0.5, 0.6) is 0 Å². The van der Waals surface area contributed by atoms with Gasteiger partial charge in [0.05, 0.1) is 5.69 Å². The summed E-state index contributed by atoms with van der Waals surface area (Å²) in [5, 5.41) is 8.00. The Morgan fingerprint density at radius 2 is 2.19 bits per heavy atom. The summed E-state index contributed by atoms with van der Waals surface area (Å²) in [6, 6.07) is 8.05. The van der Waals surface area contributed by atoms with Crippen LogP contribution in [0.1, 0.15) is 30.5 Å². The van der Waals surface area contributed by atoms with Crippen LogP contribution in [0.2, 0.25) is 0 Å². The molecular weight excluding hydrogens is 412 g/mol. The number of ether oxygens (including phenoxy) is 1. The standard InChI is InChI=1S/C19H21BrN4O3/c1-2-24-15-5-3-4-14(20)13(15)10-16(24)17-22-19(27-23-17)18(25)21-11-12-6-8-26-9-7-12/h3-5,10,12H,2,6-9,11H2,1H3,(H,21,25). The van der Waals surface area contributed by atoms with Crippen molar-refractivity contribution < 1.29 is 14.1 Å². The molecule has 1 fully saturated rings. The number of carbonyl (C=O) groups is 1. The normalized spacial score (nSPS) is 15.3. The fourth-order valence-electron chi connectivity index (χ4n) is 3.46. The lowest BCUT2D eigenvalue weighted by molar-refractivity contribution is 0.0636. The van der Waals surface area contributed by atoms with Crippen molar-refractivity contribution in [3.63, 3.8) is 0 Å². The van der Waals surface area contributed by atoms with Gasteiger partial charge in [-0.1, -0.05) is 27.2 Å². The minimum atomic E-state index is -0.333. The van der Waals surface area contributed by atoms with Crippen LogP contribution in [0.15, 0.2) is 33.3 Å². The molecule has 0 atom stereocenters. The molecule has 1 N–H and O–H groups in total. The summed E-state index contributed by atoms with van der Waals surface area (Å²) in [5.74, 6) is 0.505. The first-order chi connectivity index (χ1) is 13.2. The van der Waals surface area contributed by atoms with E-state index in [9.17, 15) is 4.79 Å². The molecule has 0 saturated carbocycles. The van der Waals surface area contributed by atoms with Crippen LogP contribution in [-0.2, 0) is 11.3 Å². The van der Waals surface area contributed by atoms with Crippen molar-refractivity contribution in [1.29, 1.82) is 0 Å². The monoisotopic (exact) mass is 432 g/mol. The van der Waals surface area contributed by atoms with Crippen LogP contribution >= 0.6 is 15.9 Å². The molecule has 0 spiro atoms. The smallest absolute Gasteiger partial charge is 0.316 e. The van der Waals surface area contributed by atoms with Gasteiger partial charge in [-0.2, -0.15) is 4.98 Å². The molecule has 1 saturated heterocycles. The molecule has 4 rings (SSSR count). The number of nitrogens with zero attached hydrogens (tertiary/aromatic N) is 3. The van der Waals surface area contributed by atoms with E-state index in [1.54, 1.807) is 0 Å². The number of hydrogen-bond acceptors (Lipinski definition) is 5. The maximum atomic E-state index is 12.4. The van der Waals surface area contributed by atoms with E-state index in [2.05, 4.69) is 48.9 Å². The number of benzene rings is 1. The van der Waals surface area contributed by atoms with Crippen molar-refractivity contribution in [2.75, 3.05) is 19.8 Å². The van der Waals surface area contributed by atoms with Gasteiger partial charge in [-0.3, -0.25) is 4.79 Å². The quantitative estimate of drug-likeness (QED) is 0.665. The second-order valence-electron chi connectivity index (χ2n) is 6.64. The Morgan fingerprint density at radius 3 is 2.96 bits per heavy atom. The Labute approximate surface area is 165 Å². The Balaban J connectivity index is 1.54. The minimum Gasteiger partial charge on any atom is -0.381 e. The lowest BCUT2D eigenvalue weighted by Gasteiger charge is -2.21. The third-order valence-corrected chi connectivity index (χ3v) is 5.64. The highest BCUT2D eigenvalue weighted by molar-refractivity contribution is 9.10. The Morgan fingerprint density at radius 1 is 1.37 bits per heavy atom. The highest BCUT2D eigenvalue weighted by Gasteiger charge is 2.21. The van der Waals surface area contributed by atoms with Gasteiger partial charge in [0.25, 0.3) is 0 Å². The maximum Gasteiger partial charge on any atom is 0.316 e. The molecule has 1 aliphatic rings. The summed E-state index contributed by atoms with van der Waals surface area (Å²) in [4.78, 5) is 16.7. The summed E-state index contributed by atoms with van der Waals surface area (Å²) in [6.45, 7) is 4.92. The molecule has 0 bridgehead atoms. The number of aromatic nitrogens is 3. The summed E-state index contributed by atoms with van der Waals surface area (Å²) in [6.07, 6.45) is 1.92. The lowest BCUT2D eigenvalue weighted by Crippen LogP contribution is -2.32. The van der Waals surface area contributed by atoms with Gasteiger partial charge in [-0.05, 0) is 43.9 Å². The molecule has 2 aromatic heterocycles. The van der Waals surface area contributed by atoms with E-state index in [4.69, 9.17) is 9.26 Å². The average molecular weight is 433 g/mol.